The lowest BCUT2D eigenvalue weighted by Crippen LogP contribution is -1.82. The predicted octanol–water partition coefficient (Wildman–Crippen LogP) is 3.56. The van der Waals surface area contributed by atoms with Crippen molar-refractivity contribution in [2.45, 2.75) is 0 Å². The van der Waals surface area contributed by atoms with E-state index in [1.165, 1.54) is 10.8 Å². The largest absolute Gasteiger partial charge is 0.256 e. The summed E-state index contributed by atoms with van der Waals surface area (Å²) in [6, 6.07) is 14.4. The van der Waals surface area contributed by atoms with Crippen molar-refractivity contribution in [1.82, 2.24) is 0 Å². The van der Waals surface area contributed by atoms with Crippen molar-refractivity contribution >= 4 is 17.0 Å². The lowest BCUT2D eigenvalue weighted by molar-refractivity contribution is 1.59. The quantitative estimate of drug-likeness (QED) is 0.511. The third-order valence-corrected chi connectivity index (χ3v) is 2.20. The van der Waals surface area contributed by atoms with E-state index in [-0.39, 0.29) is 0 Å². The second-order valence-electron chi connectivity index (χ2n) is 3.18. The van der Waals surface area contributed by atoms with E-state index in [1.54, 1.807) is 6.20 Å². The fourth-order valence-corrected chi connectivity index (χ4v) is 1.53. The van der Waals surface area contributed by atoms with E-state index in [1.807, 2.05) is 30.5 Å². The van der Waals surface area contributed by atoms with Crippen LogP contribution in [0.15, 0.2) is 66.0 Å². The molecular weight excluding hydrogens is 182 g/mol. The van der Waals surface area contributed by atoms with Gasteiger partial charge in [0.2, 0.25) is 0 Å². The molecule has 2 aromatic rings. The van der Waals surface area contributed by atoms with E-state index in [2.05, 4.69) is 35.5 Å². The number of rotatable bonds is 2. The number of aliphatic imine (C=N–C) groups is 1. The van der Waals surface area contributed by atoms with Crippen molar-refractivity contribution in [2.75, 3.05) is 0 Å². The predicted molar refractivity (Wildman–Crippen MR) is 65.3 cm³/mol. The Morgan fingerprint density at radius 3 is 2.73 bits per heavy atom. The molecule has 0 radical (unpaired) electrons. The molecule has 2 rings (SSSR count). The molecule has 0 aromatic heterocycles. The molecule has 72 valence electrons. The van der Waals surface area contributed by atoms with E-state index in [4.69, 9.17) is 0 Å². The maximum Gasteiger partial charge on any atom is 0.0680 e. The third kappa shape index (κ3) is 2.04. The highest BCUT2D eigenvalue weighted by atomic mass is 14.7. The highest BCUT2D eigenvalue weighted by Crippen LogP contribution is 2.16. The van der Waals surface area contributed by atoms with Crippen LogP contribution in [0.25, 0.3) is 10.8 Å². The van der Waals surface area contributed by atoms with Crippen LogP contribution < -0.4 is 0 Å². The molecule has 0 aliphatic rings. The molecule has 0 unspecified atom stereocenters. The Morgan fingerprint density at radius 2 is 1.87 bits per heavy atom. The highest BCUT2D eigenvalue weighted by Gasteiger charge is 1.95. The average Bonchev–Trinajstić information content (AvgIpc) is 2.30. The fourth-order valence-electron chi connectivity index (χ4n) is 1.53. The van der Waals surface area contributed by atoms with Gasteiger partial charge in [0.15, 0.2) is 0 Å². The second kappa shape index (κ2) is 4.41. The molecule has 0 aliphatic carbocycles. The molecule has 0 fully saturated rings. The maximum atomic E-state index is 4.09. The van der Waals surface area contributed by atoms with Crippen LogP contribution >= 0.6 is 0 Å². The molecule has 15 heavy (non-hydrogen) atoms. The molecule has 0 N–H and O–H groups in total. The van der Waals surface area contributed by atoms with Gasteiger partial charge in [-0.15, -0.1) is 5.73 Å². The average molecular weight is 193 g/mol. The van der Waals surface area contributed by atoms with Gasteiger partial charge in [-0.1, -0.05) is 49.0 Å². The lowest BCUT2D eigenvalue weighted by atomic mass is 10.1. The standard InChI is InChI=1S/C14H11N/c1-2-10-15-11-13-8-5-7-12-6-3-4-9-14(12)13/h3-11H,1H2. The SMILES string of the molecule is C=C=CN=Cc1cccc2ccccc12. The summed E-state index contributed by atoms with van der Waals surface area (Å²) >= 11 is 0. The summed E-state index contributed by atoms with van der Waals surface area (Å²) in [4.78, 5) is 4.09. The Labute approximate surface area is 89.1 Å². The zero-order chi connectivity index (χ0) is 10.5. The molecule has 1 nitrogen and oxygen atoms in total. The van der Waals surface area contributed by atoms with Crippen LogP contribution in [0.5, 0.6) is 0 Å². The van der Waals surface area contributed by atoms with Crippen molar-refractivity contribution in [3.8, 4) is 0 Å². The Balaban J connectivity index is 2.55. The van der Waals surface area contributed by atoms with Crippen LogP contribution in [-0.4, -0.2) is 6.21 Å². The monoisotopic (exact) mass is 193 g/mol. The van der Waals surface area contributed by atoms with Gasteiger partial charge in [0, 0.05) is 11.8 Å². The Bertz CT molecular complexity index is 541. The number of nitrogens with zero attached hydrogens (tertiary/aromatic N) is 1. The number of benzene rings is 2. The lowest BCUT2D eigenvalue weighted by Gasteiger charge is -1.99. The smallest absolute Gasteiger partial charge is 0.0680 e. The van der Waals surface area contributed by atoms with Gasteiger partial charge < -0.3 is 0 Å². The third-order valence-electron chi connectivity index (χ3n) is 2.20. The second-order valence-corrected chi connectivity index (χ2v) is 3.18. The molecule has 1 heteroatoms. The molecule has 0 aliphatic heterocycles. The van der Waals surface area contributed by atoms with E-state index in [0.717, 1.165) is 5.56 Å². The summed E-state index contributed by atoms with van der Waals surface area (Å²) in [6.07, 6.45) is 3.38. The summed E-state index contributed by atoms with van der Waals surface area (Å²) in [6.45, 7) is 3.46. The van der Waals surface area contributed by atoms with Gasteiger partial charge in [0.1, 0.15) is 0 Å². The Hall–Kier alpha value is -2.11. The van der Waals surface area contributed by atoms with Gasteiger partial charge in [0.05, 0.1) is 6.20 Å². The van der Waals surface area contributed by atoms with Crippen molar-refractivity contribution in [3.05, 3.63) is 66.5 Å². The van der Waals surface area contributed by atoms with Crippen LogP contribution in [0.4, 0.5) is 0 Å². The zero-order valence-electron chi connectivity index (χ0n) is 8.35. The first-order valence-corrected chi connectivity index (χ1v) is 4.77. The topological polar surface area (TPSA) is 12.4 Å². The summed E-state index contributed by atoms with van der Waals surface area (Å²) in [5.41, 5.74) is 3.72. The van der Waals surface area contributed by atoms with Crippen LogP contribution in [0, 0.1) is 0 Å². The maximum absolute atomic E-state index is 4.09. The first-order valence-electron chi connectivity index (χ1n) is 4.77. The molecular formula is C14H11N. The molecule has 2 aromatic carbocycles. The normalized spacial score (nSPS) is 10.4. The zero-order valence-corrected chi connectivity index (χ0v) is 8.35. The van der Waals surface area contributed by atoms with Crippen LogP contribution in [0.2, 0.25) is 0 Å². The van der Waals surface area contributed by atoms with Crippen molar-refractivity contribution in [2.24, 2.45) is 4.99 Å². The minimum absolute atomic E-state index is 1.11. The van der Waals surface area contributed by atoms with Gasteiger partial charge in [-0.3, -0.25) is 4.99 Å². The van der Waals surface area contributed by atoms with Gasteiger partial charge in [-0.05, 0) is 10.8 Å². The van der Waals surface area contributed by atoms with Crippen molar-refractivity contribution in [3.63, 3.8) is 0 Å². The van der Waals surface area contributed by atoms with Gasteiger partial charge >= 0.3 is 0 Å². The first-order chi connectivity index (χ1) is 7.42. The number of hydrogen-bond donors (Lipinski definition) is 0. The van der Waals surface area contributed by atoms with E-state index >= 15 is 0 Å². The Kier molecular flexibility index (Phi) is 2.77. The van der Waals surface area contributed by atoms with Crippen LogP contribution in [-0.2, 0) is 0 Å². The summed E-state index contributed by atoms with van der Waals surface area (Å²) in [5, 5.41) is 2.44. The van der Waals surface area contributed by atoms with Crippen molar-refractivity contribution < 1.29 is 0 Å². The molecule has 0 saturated carbocycles. The highest BCUT2D eigenvalue weighted by molar-refractivity contribution is 5.99. The molecule has 0 atom stereocenters. The van der Waals surface area contributed by atoms with Gasteiger partial charge in [-0.2, -0.15) is 0 Å². The van der Waals surface area contributed by atoms with E-state index < -0.39 is 0 Å². The Morgan fingerprint density at radius 1 is 1.07 bits per heavy atom. The number of hydrogen-bond acceptors (Lipinski definition) is 1. The fraction of sp³-hybridized carbons (Fsp3) is 0. The number of fused-ring (bicyclic) bond motifs is 1. The van der Waals surface area contributed by atoms with Crippen LogP contribution in [0.1, 0.15) is 5.56 Å². The van der Waals surface area contributed by atoms with Gasteiger partial charge in [-0.25, -0.2) is 0 Å². The summed E-state index contributed by atoms with van der Waals surface area (Å²) in [5.74, 6) is 0. The minimum atomic E-state index is 1.11. The van der Waals surface area contributed by atoms with Crippen molar-refractivity contribution in [1.29, 1.82) is 0 Å². The molecule has 0 spiro atoms. The summed E-state index contributed by atoms with van der Waals surface area (Å²) in [7, 11) is 0. The van der Waals surface area contributed by atoms with Gasteiger partial charge in [0.25, 0.3) is 0 Å². The molecule has 0 heterocycles. The van der Waals surface area contributed by atoms with Crippen LogP contribution in [0.3, 0.4) is 0 Å². The minimum Gasteiger partial charge on any atom is -0.256 e. The molecule has 0 saturated heterocycles. The molecule has 0 amide bonds. The molecule has 0 bridgehead atoms. The summed E-state index contributed by atoms with van der Waals surface area (Å²) < 4.78 is 0. The van der Waals surface area contributed by atoms with E-state index in [9.17, 15) is 0 Å². The van der Waals surface area contributed by atoms with E-state index in [0.29, 0.717) is 0 Å². The first kappa shape index (κ1) is 9.45.